The predicted molar refractivity (Wildman–Crippen MR) is 92.7 cm³/mol. The molecule has 0 aliphatic carbocycles. The predicted octanol–water partition coefficient (Wildman–Crippen LogP) is 4.28. The molecule has 21 heavy (non-hydrogen) atoms. The summed E-state index contributed by atoms with van der Waals surface area (Å²) in [5.74, 6) is 0. The molecule has 1 heterocycles. The topological polar surface area (TPSA) is 28.2 Å². The van der Waals surface area contributed by atoms with Crippen molar-refractivity contribution in [3.63, 3.8) is 0 Å². The van der Waals surface area contributed by atoms with Gasteiger partial charge in [0.2, 0.25) is 0 Å². The Hall–Kier alpha value is -1.39. The smallest absolute Gasteiger partial charge is 0.190 e. The summed E-state index contributed by atoms with van der Waals surface area (Å²) in [5, 5.41) is 4.36. The van der Waals surface area contributed by atoms with Gasteiger partial charge in [-0.3, -0.25) is 0 Å². The number of nitrogens with zero attached hydrogens (tertiary/aromatic N) is 2. The van der Waals surface area contributed by atoms with Crippen LogP contribution in [0.4, 0.5) is 10.8 Å². The van der Waals surface area contributed by atoms with Gasteiger partial charge >= 0.3 is 0 Å². The summed E-state index contributed by atoms with van der Waals surface area (Å²) < 4.78 is 0. The lowest BCUT2D eigenvalue weighted by molar-refractivity contribution is 0.797. The fourth-order valence-corrected chi connectivity index (χ4v) is 3.57. The first-order valence-corrected chi connectivity index (χ1v) is 8.48. The first-order chi connectivity index (χ1) is 10.2. The molecule has 2 aromatic rings. The minimum Gasteiger partial charge on any atom is -0.318 e. The Morgan fingerprint density at radius 1 is 1.19 bits per heavy atom. The number of hydrogen-bond donors (Lipinski definition) is 1. The van der Waals surface area contributed by atoms with Gasteiger partial charge in [-0.25, -0.2) is 4.98 Å². The van der Waals surface area contributed by atoms with Gasteiger partial charge in [0, 0.05) is 23.7 Å². The number of aryl methyl sites for hydroxylation is 2. The van der Waals surface area contributed by atoms with Gasteiger partial charge in [0.25, 0.3) is 0 Å². The highest BCUT2D eigenvalue weighted by Gasteiger charge is 2.15. The van der Waals surface area contributed by atoms with Gasteiger partial charge in [0.15, 0.2) is 5.13 Å². The van der Waals surface area contributed by atoms with Gasteiger partial charge in [-0.15, -0.1) is 0 Å². The van der Waals surface area contributed by atoms with Crippen molar-refractivity contribution >= 4 is 22.2 Å². The van der Waals surface area contributed by atoms with Crippen LogP contribution in [0, 0.1) is 6.92 Å². The third-order valence-electron chi connectivity index (χ3n) is 3.48. The number of nitrogens with one attached hydrogen (secondary N) is 1. The molecule has 1 aromatic heterocycles. The van der Waals surface area contributed by atoms with Crippen molar-refractivity contribution in [2.24, 2.45) is 0 Å². The van der Waals surface area contributed by atoms with Crippen molar-refractivity contribution in [2.75, 3.05) is 18.5 Å². The summed E-state index contributed by atoms with van der Waals surface area (Å²) in [6.45, 7) is 8.34. The first-order valence-electron chi connectivity index (χ1n) is 7.67. The minimum atomic E-state index is 0.901. The summed E-state index contributed by atoms with van der Waals surface area (Å²) in [6.07, 6.45) is 2.19. The molecule has 2 rings (SSSR count). The van der Waals surface area contributed by atoms with E-state index in [2.05, 4.69) is 55.3 Å². The van der Waals surface area contributed by atoms with Crippen LogP contribution in [-0.4, -0.2) is 18.6 Å². The number of aromatic nitrogens is 1. The highest BCUT2D eigenvalue weighted by atomic mass is 32.1. The Balaban J connectivity index is 2.33. The summed E-state index contributed by atoms with van der Waals surface area (Å²) in [4.78, 5) is 8.55. The van der Waals surface area contributed by atoms with Crippen molar-refractivity contribution in [3.8, 4) is 0 Å². The first kappa shape index (κ1) is 16.0. The number of hydrogen-bond acceptors (Lipinski definition) is 4. The molecule has 0 saturated carbocycles. The molecule has 4 heteroatoms. The van der Waals surface area contributed by atoms with E-state index in [1.54, 1.807) is 0 Å². The fraction of sp³-hybridized carbons (Fsp3) is 0.471. The second-order valence-corrected chi connectivity index (χ2v) is 6.29. The van der Waals surface area contributed by atoms with Crippen molar-refractivity contribution in [1.29, 1.82) is 0 Å². The van der Waals surface area contributed by atoms with E-state index >= 15 is 0 Å². The number of anilines is 2. The maximum absolute atomic E-state index is 4.89. The summed E-state index contributed by atoms with van der Waals surface area (Å²) in [7, 11) is 1.99. The van der Waals surface area contributed by atoms with Crippen LogP contribution in [-0.2, 0) is 13.0 Å². The third-order valence-corrected chi connectivity index (χ3v) is 4.60. The van der Waals surface area contributed by atoms with Crippen LogP contribution in [0.2, 0.25) is 0 Å². The van der Waals surface area contributed by atoms with Gasteiger partial charge in [0.1, 0.15) is 0 Å². The van der Waals surface area contributed by atoms with E-state index in [-0.39, 0.29) is 0 Å². The average Bonchev–Trinajstić information content (AvgIpc) is 2.86. The molecule has 1 aromatic carbocycles. The maximum Gasteiger partial charge on any atom is 0.190 e. The van der Waals surface area contributed by atoms with Crippen molar-refractivity contribution in [3.05, 3.63) is 40.4 Å². The lowest BCUT2D eigenvalue weighted by Gasteiger charge is -2.20. The van der Waals surface area contributed by atoms with Crippen LogP contribution >= 0.6 is 11.3 Å². The molecule has 0 saturated heterocycles. The lowest BCUT2D eigenvalue weighted by atomic mass is 10.2. The van der Waals surface area contributed by atoms with E-state index in [9.17, 15) is 0 Å². The van der Waals surface area contributed by atoms with Crippen LogP contribution in [0.5, 0.6) is 0 Å². The van der Waals surface area contributed by atoms with Crippen LogP contribution < -0.4 is 10.2 Å². The molecule has 114 valence electrons. The summed E-state index contributed by atoms with van der Waals surface area (Å²) in [5.41, 5.74) is 3.75. The van der Waals surface area contributed by atoms with E-state index < -0.39 is 0 Å². The van der Waals surface area contributed by atoms with E-state index in [0.717, 1.165) is 31.1 Å². The van der Waals surface area contributed by atoms with E-state index in [0.29, 0.717) is 0 Å². The molecule has 0 fully saturated rings. The van der Waals surface area contributed by atoms with E-state index in [4.69, 9.17) is 4.98 Å². The Morgan fingerprint density at radius 3 is 2.48 bits per heavy atom. The van der Waals surface area contributed by atoms with Gasteiger partial charge in [-0.05, 0) is 39.4 Å². The molecule has 0 atom stereocenters. The summed E-state index contributed by atoms with van der Waals surface area (Å²) in [6, 6.07) is 8.68. The maximum atomic E-state index is 4.89. The van der Waals surface area contributed by atoms with Crippen LogP contribution in [0.25, 0.3) is 0 Å². The Kier molecular flexibility index (Phi) is 5.76. The number of benzene rings is 1. The van der Waals surface area contributed by atoms with Gasteiger partial charge in [-0.1, -0.05) is 42.4 Å². The van der Waals surface area contributed by atoms with Gasteiger partial charge < -0.3 is 10.2 Å². The molecule has 0 amide bonds. The zero-order valence-corrected chi connectivity index (χ0v) is 14.3. The minimum absolute atomic E-state index is 0.901. The Morgan fingerprint density at radius 2 is 1.90 bits per heavy atom. The van der Waals surface area contributed by atoms with Crippen LogP contribution in [0.1, 0.15) is 36.4 Å². The molecule has 0 aliphatic rings. The average molecular weight is 303 g/mol. The molecule has 1 N–H and O–H groups in total. The normalized spacial score (nSPS) is 10.9. The fourth-order valence-electron chi connectivity index (χ4n) is 2.37. The molecule has 0 unspecified atom stereocenters. The van der Waals surface area contributed by atoms with Crippen LogP contribution in [0.15, 0.2) is 24.3 Å². The number of thiazole rings is 1. The second-order valence-electron chi connectivity index (χ2n) is 5.23. The largest absolute Gasteiger partial charge is 0.318 e. The molecule has 0 bridgehead atoms. The molecule has 0 spiro atoms. The number of rotatable bonds is 7. The Labute approximate surface area is 132 Å². The highest BCUT2D eigenvalue weighted by Crippen LogP contribution is 2.32. The lowest BCUT2D eigenvalue weighted by Crippen LogP contribution is -2.15. The second kappa shape index (κ2) is 7.57. The molecule has 0 aliphatic heterocycles. The quantitative estimate of drug-likeness (QED) is 0.827. The van der Waals surface area contributed by atoms with Gasteiger partial charge in [0.05, 0.1) is 5.69 Å². The van der Waals surface area contributed by atoms with Crippen molar-refractivity contribution < 1.29 is 0 Å². The van der Waals surface area contributed by atoms with Gasteiger partial charge in [-0.2, -0.15) is 0 Å². The molecule has 0 radical (unpaired) electrons. The van der Waals surface area contributed by atoms with E-state index in [1.807, 2.05) is 18.4 Å². The highest BCUT2D eigenvalue weighted by molar-refractivity contribution is 7.15. The Bertz CT molecular complexity index is 536. The van der Waals surface area contributed by atoms with E-state index in [1.165, 1.54) is 21.8 Å². The SMILES string of the molecule is CCCc1nc(N(CC)c2ccc(C)cc2)sc1CNC. The molecule has 3 nitrogen and oxygen atoms in total. The zero-order valence-electron chi connectivity index (χ0n) is 13.4. The zero-order chi connectivity index (χ0) is 15.2. The monoisotopic (exact) mass is 303 g/mol. The third kappa shape index (κ3) is 3.83. The summed E-state index contributed by atoms with van der Waals surface area (Å²) >= 11 is 1.81. The van der Waals surface area contributed by atoms with Crippen molar-refractivity contribution in [2.45, 2.75) is 40.2 Å². The molecular weight excluding hydrogens is 278 g/mol. The van der Waals surface area contributed by atoms with Crippen molar-refractivity contribution in [1.82, 2.24) is 10.3 Å². The molecular formula is C17H25N3S. The standard InChI is InChI=1S/C17H25N3S/c1-5-7-15-16(12-18-4)21-17(19-15)20(6-2)14-10-8-13(3)9-11-14/h8-11,18H,5-7,12H2,1-4H3. The van der Waals surface area contributed by atoms with Crippen LogP contribution in [0.3, 0.4) is 0 Å².